The average molecular weight is 291 g/mol. The highest BCUT2D eigenvalue weighted by Gasteiger charge is 2.38. The highest BCUT2D eigenvalue weighted by molar-refractivity contribution is 5.84. The maximum Gasteiger partial charge on any atom is 0.333 e. The van der Waals surface area contributed by atoms with Gasteiger partial charge in [-0.25, -0.2) is 13.6 Å². The molecular weight excluding hydrogens is 276 g/mol. The lowest BCUT2D eigenvalue weighted by Crippen LogP contribution is -2.41. The van der Waals surface area contributed by atoms with Gasteiger partial charge in [-0.2, -0.15) is 0 Å². The molecule has 1 atom stereocenters. The molecule has 0 aliphatic heterocycles. The summed E-state index contributed by atoms with van der Waals surface area (Å²) in [6.45, 7) is 3.19. The second-order valence-electron chi connectivity index (χ2n) is 5.02. The molecule has 1 unspecified atom stereocenters. The van der Waals surface area contributed by atoms with Crippen molar-refractivity contribution in [3.63, 3.8) is 0 Å². The van der Waals surface area contributed by atoms with Gasteiger partial charge >= 0.3 is 5.97 Å². The van der Waals surface area contributed by atoms with Crippen LogP contribution in [-0.4, -0.2) is 11.1 Å². The number of hydrogen-bond acceptors (Lipinski definition) is 2. The third-order valence-corrected chi connectivity index (χ3v) is 3.36. The van der Waals surface area contributed by atoms with Crippen LogP contribution in [0.4, 0.5) is 14.5 Å². The van der Waals surface area contributed by atoms with E-state index >= 15 is 0 Å². The standard InChI is InChI=1S/C16H15F2NO2/c1-10-6-8-11(9-7-10)19-16(2,15(20)21)12-4-3-5-13(17)14(12)18/h3-9,19H,1-2H3,(H,20,21). The van der Waals surface area contributed by atoms with Crippen LogP contribution in [0, 0.1) is 18.6 Å². The van der Waals surface area contributed by atoms with Gasteiger partial charge < -0.3 is 10.4 Å². The third kappa shape index (κ3) is 2.86. The summed E-state index contributed by atoms with van der Waals surface area (Å²) in [7, 11) is 0. The lowest BCUT2D eigenvalue weighted by Gasteiger charge is -2.28. The molecule has 3 nitrogen and oxygen atoms in total. The van der Waals surface area contributed by atoms with Crippen molar-refractivity contribution >= 4 is 11.7 Å². The van der Waals surface area contributed by atoms with Gasteiger partial charge in [0.1, 0.15) is 0 Å². The molecule has 2 aromatic carbocycles. The predicted octanol–water partition coefficient (Wildman–Crippen LogP) is 3.69. The summed E-state index contributed by atoms with van der Waals surface area (Å²) in [6, 6.07) is 10.5. The fraction of sp³-hybridized carbons (Fsp3) is 0.188. The summed E-state index contributed by atoms with van der Waals surface area (Å²) in [5.74, 6) is -3.54. The summed E-state index contributed by atoms with van der Waals surface area (Å²) >= 11 is 0. The molecule has 0 saturated heterocycles. The van der Waals surface area contributed by atoms with E-state index in [0.717, 1.165) is 11.6 Å². The molecule has 21 heavy (non-hydrogen) atoms. The Labute approximate surface area is 121 Å². The zero-order valence-electron chi connectivity index (χ0n) is 11.7. The molecule has 2 rings (SSSR count). The molecule has 5 heteroatoms. The molecule has 0 aliphatic rings. The van der Waals surface area contributed by atoms with Crippen LogP contribution in [0.15, 0.2) is 42.5 Å². The van der Waals surface area contributed by atoms with E-state index in [-0.39, 0.29) is 5.56 Å². The van der Waals surface area contributed by atoms with Gasteiger partial charge in [-0.1, -0.05) is 29.8 Å². The first-order valence-electron chi connectivity index (χ1n) is 6.37. The SMILES string of the molecule is Cc1ccc(NC(C)(C(=O)O)c2cccc(F)c2F)cc1. The number of rotatable bonds is 4. The van der Waals surface area contributed by atoms with Gasteiger partial charge in [-0.15, -0.1) is 0 Å². The minimum Gasteiger partial charge on any atom is -0.479 e. The molecular formula is C16H15F2NO2. The highest BCUT2D eigenvalue weighted by Crippen LogP contribution is 2.29. The minimum absolute atomic E-state index is 0.254. The molecule has 0 radical (unpaired) electrons. The fourth-order valence-electron chi connectivity index (χ4n) is 2.05. The molecule has 0 amide bonds. The van der Waals surface area contributed by atoms with Gasteiger partial charge in [0.25, 0.3) is 0 Å². The van der Waals surface area contributed by atoms with Gasteiger partial charge in [-0.3, -0.25) is 0 Å². The highest BCUT2D eigenvalue weighted by atomic mass is 19.2. The van der Waals surface area contributed by atoms with Crippen molar-refractivity contribution in [2.45, 2.75) is 19.4 Å². The number of carboxylic acids is 1. The number of benzene rings is 2. The smallest absolute Gasteiger partial charge is 0.333 e. The number of hydrogen-bond donors (Lipinski definition) is 2. The Kier molecular flexibility index (Phi) is 3.93. The third-order valence-electron chi connectivity index (χ3n) is 3.36. The van der Waals surface area contributed by atoms with Crippen molar-refractivity contribution in [3.05, 3.63) is 65.2 Å². The van der Waals surface area contributed by atoms with E-state index in [4.69, 9.17) is 0 Å². The molecule has 0 bridgehead atoms. The molecule has 0 fully saturated rings. The number of nitrogens with one attached hydrogen (secondary N) is 1. The summed E-state index contributed by atoms with van der Waals surface area (Å²) in [6.07, 6.45) is 0. The molecule has 0 spiro atoms. The zero-order valence-corrected chi connectivity index (χ0v) is 11.7. The van der Waals surface area contributed by atoms with Crippen LogP contribution in [0.1, 0.15) is 18.1 Å². The first-order chi connectivity index (χ1) is 9.84. The largest absolute Gasteiger partial charge is 0.479 e. The van der Waals surface area contributed by atoms with Gasteiger partial charge in [0.15, 0.2) is 17.2 Å². The van der Waals surface area contributed by atoms with Crippen LogP contribution < -0.4 is 5.32 Å². The fourth-order valence-corrected chi connectivity index (χ4v) is 2.05. The number of aryl methyl sites for hydroxylation is 1. The van der Waals surface area contributed by atoms with Gasteiger partial charge in [0, 0.05) is 11.3 Å². The lowest BCUT2D eigenvalue weighted by atomic mass is 9.91. The molecule has 2 aromatic rings. The molecule has 0 saturated carbocycles. The second-order valence-corrected chi connectivity index (χ2v) is 5.02. The quantitative estimate of drug-likeness (QED) is 0.903. The van der Waals surface area contributed by atoms with Crippen molar-refractivity contribution < 1.29 is 18.7 Å². The monoisotopic (exact) mass is 291 g/mol. The predicted molar refractivity (Wildman–Crippen MR) is 76.1 cm³/mol. The first kappa shape index (κ1) is 15.0. The van der Waals surface area contributed by atoms with Crippen molar-refractivity contribution in [1.29, 1.82) is 0 Å². The van der Waals surface area contributed by atoms with E-state index in [1.54, 1.807) is 24.3 Å². The summed E-state index contributed by atoms with van der Waals surface area (Å²) < 4.78 is 27.3. The lowest BCUT2D eigenvalue weighted by molar-refractivity contribution is -0.142. The average Bonchev–Trinajstić information content (AvgIpc) is 2.44. The van der Waals surface area contributed by atoms with Crippen molar-refractivity contribution in [2.75, 3.05) is 5.32 Å². The zero-order chi connectivity index (χ0) is 15.6. The van der Waals surface area contributed by atoms with E-state index in [1.807, 2.05) is 6.92 Å². The summed E-state index contributed by atoms with van der Waals surface area (Å²) in [5, 5.41) is 12.2. The number of halogens is 2. The first-order valence-corrected chi connectivity index (χ1v) is 6.37. The number of carboxylic acid groups (broad SMARTS) is 1. The van der Waals surface area contributed by atoms with Crippen molar-refractivity contribution in [1.82, 2.24) is 0 Å². The Morgan fingerprint density at radius 1 is 1.14 bits per heavy atom. The van der Waals surface area contributed by atoms with Crippen molar-refractivity contribution in [3.8, 4) is 0 Å². The van der Waals surface area contributed by atoms with Gasteiger partial charge in [0.05, 0.1) is 0 Å². The Hall–Kier alpha value is -2.43. The molecule has 0 aromatic heterocycles. The summed E-state index contributed by atoms with van der Waals surface area (Å²) in [4.78, 5) is 11.6. The Bertz CT molecular complexity index is 670. The van der Waals surface area contributed by atoms with E-state index in [9.17, 15) is 18.7 Å². The normalized spacial score (nSPS) is 13.5. The number of carbonyl (C=O) groups is 1. The topological polar surface area (TPSA) is 49.3 Å². The Morgan fingerprint density at radius 2 is 1.76 bits per heavy atom. The molecule has 0 heterocycles. The van der Waals surface area contributed by atoms with Crippen molar-refractivity contribution in [2.24, 2.45) is 0 Å². The van der Waals surface area contributed by atoms with E-state index in [2.05, 4.69) is 5.32 Å². The van der Waals surface area contributed by atoms with Crippen LogP contribution >= 0.6 is 0 Å². The molecule has 110 valence electrons. The maximum absolute atomic E-state index is 13.9. The van der Waals surface area contributed by atoms with Crippen LogP contribution in [-0.2, 0) is 10.3 Å². The minimum atomic E-state index is -1.78. The van der Waals surface area contributed by atoms with Crippen LogP contribution in [0.5, 0.6) is 0 Å². The number of aliphatic carboxylic acids is 1. The number of anilines is 1. The van der Waals surface area contributed by atoms with E-state index < -0.39 is 23.1 Å². The maximum atomic E-state index is 13.9. The van der Waals surface area contributed by atoms with Crippen LogP contribution in [0.3, 0.4) is 0 Å². The molecule has 0 aliphatic carbocycles. The van der Waals surface area contributed by atoms with Crippen LogP contribution in [0.2, 0.25) is 0 Å². The Balaban J connectivity index is 2.48. The van der Waals surface area contributed by atoms with E-state index in [1.165, 1.54) is 19.1 Å². The molecule has 2 N–H and O–H groups in total. The summed E-state index contributed by atoms with van der Waals surface area (Å²) in [5.41, 5.74) is -0.513. The van der Waals surface area contributed by atoms with Crippen LogP contribution in [0.25, 0.3) is 0 Å². The van der Waals surface area contributed by atoms with Gasteiger partial charge in [0.2, 0.25) is 0 Å². The Morgan fingerprint density at radius 3 is 2.33 bits per heavy atom. The second kappa shape index (κ2) is 5.52. The van der Waals surface area contributed by atoms with E-state index in [0.29, 0.717) is 5.69 Å². The van der Waals surface area contributed by atoms with Gasteiger partial charge in [-0.05, 0) is 32.0 Å².